The van der Waals surface area contributed by atoms with Gasteiger partial charge in [0.25, 0.3) is 0 Å². The largest absolute Gasteiger partial charge is 0.320 e. The third kappa shape index (κ3) is 2.82. The maximum atomic E-state index is 3.35. The Morgan fingerprint density at radius 3 is 2.50 bits per heavy atom. The van der Waals surface area contributed by atoms with Gasteiger partial charge < -0.3 is 10.6 Å². The van der Waals surface area contributed by atoms with Gasteiger partial charge in [-0.2, -0.15) is 0 Å². The molecule has 0 saturated carbocycles. The molecule has 0 amide bonds. The van der Waals surface area contributed by atoms with Crippen LogP contribution in [0.5, 0.6) is 0 Å². The quantitative estimate of drug-likeness (QED) is 0.744. The van der Waals surface area contributed by atoms with E-state index < -0.39 is 0 Å². The minimum absolute atomic E-state index is 0.462. The van der Waals surface area contributed by atoms with E-state index in [0.29, 0.717) is 6.04 Å². The van der Waals surface area contributed by atoms with Gasteiger partial charge in [-0.25, -0.2) is 0 Å². The smallest absolute Gasteiger partial charge is 0.0332 e. The van der Waals surface area contributed by atoms with E-state index in [2.05, 4.69) is 41.8 Å². The van der Waals surface area contributed by atoms with Crippen LogP contribution in [0, 0.1) is 6.92 Å². The Hall–Kier alpha value is -0.860. The van der Waals surface area contributed by atoms with Crippen LogP contribution < -0.4 is 10.6 Å². The second kappa shape index (κ2) is 5.78. The molecule has 0 radical (unpaired) electrons. The molecule has 14 heavy (non-hydrogen) atoms. The highest BCUT2D eigenvalue weighted by atomic mass is 14.9. The van der Waals surface area contributed by atoms with Gasteiger partial charge in [0.15, 0.2) is 0 Å². The first kappa shape index (κ1) is 11.2. The molecule has 1 rings (SSSR count). The van der Waals surface area contributed by atoms with E-state index in [9.17, 15) is 0 Å². The molecule has 1 unspecified atom stereocenters. The number of aryl methyl sites for hydroxylation is 1. The first-order chi connectivity index (χ1) is 6.79. The fourth-order valence-corrected chi connectivity index (χ4v) is 1.72. The molecule has 2 heteroatoms. The molecule has 78 valence electrons. The van der Waals surface area contributed by atoms with Gasteiger partial charge >= 0.3 is 0 Å². The third-order valence-electron chi connectivity index (χ3n) is 2.60. The summed E-state index contributed by atoms with van der Waals surface area (Å²) in [4.78, 5) is 0. The number of hydrogen-bond acceptors (Lipinski definition) is 2. The summed E-state index contributed by atoms with van der Waals surface area (Å²) in [6.45, 7) is 3.21. The predicted octanol–water partition coefficient (Wildman–Crippen LogP) is 1.87. The summed E-state index contributed by atoms with van der Waals surface area (Å²) >= 11 is 0. The zero-order valence-electron chi connectivity index (χ0n) is 9.30. The lowest BCUT2D eigenvalue weighted by molar-refractivity contribution is 0.531. The summed E-state index contributed by atoms with van der Waals surface area (Å²) < 4.78 is 0. The molecule has 0 saturated heterocycles. The van der Waals surface area contributed by atoms with Gasteiger partial charge in [0.05, 0.1) is 0 Å². The van der Waals surface area contributed by atoms with E-state index in [-0.39, 0.29) is 0 Å². The van der Waals surface area contributed by atoms with Crippen molar-refractivity contribution in [1.82, 2.24) is 10.6 Å². The van der Waals surface area contributed by atoms with Gasteiger partial charge in [-0.1, -0.05) is 24.3 Å². The Kier molecular flexibility index (Phi) is 4.63. The Morgan fingerprint density at radius 1 is 1.21 bits per heavy atom. The van der Waals surface area contributed by atoms with E-state index >= 15 is 0 Å². The van der Waals surface area contributed by atoms with Gasteiger partial charge in [-0.15, -0.1) is 0 Å². The predicted molar refractivity (Wildman–Crippen MR) is 61.5 cm³/mol. The van der Waals surface area contributed by atoms with E-state index in [0.717, 1.165) is 13.0 Å². The van der Waals surface area contributed by atoms with Gasteiger partial charge in [-0.3, -0.25) is 0 Å². The van der Waals surface area contributed by atoms with Crippen LogP contribution in [0.4, 0.5) is 0 Å². The topological polar surface area (TPSA) is 24.1 Å². The molecule has 0 aromatic heterocycles. The zero-order chi connectivity index (χ0) is 10.4. The van der Waals surface area contributed by atoms with Crippen molar-refractivity contribution in [3.05, 3.63) is 35.4 Å². The van der Waals surface area contributed by atoms with Crippen LogP contribution in [0.2, 0.25) is 0 Å². The molecule has 1 aromatic carbocycles. The zero-order valence-corrected chi connectivity index (χ0v) is 9.30. The summed E-state index contributed by atoms with van der Waals surface area (Å²) in [5.41, 5.74) is 2.77. The van der Waals surface area contributed by atoms with Crippen molar-refractivity contribution in [3.63, 3.8) is 0 Å². The normalized spacial score (nSPS) is 12.8. The Labute approximate surface area is 86.7 Å². The van der Waals surface area contributed by atoms with Crippen LogP contribution in [0.15, 0.2) is 24.3 Å². The molecular weight excluding hydrogens is 172 g/mol. The van der Waals surface area contributed by atoms with Crippen molar-refractivity contribution in [2.45, 2.75) is 19.4 Å². The minimum Gasteiger partial charge on any atom is -0.320 e. The molecule has 0 bridgehead atoms. The average Bonchev–Trinajstić information content (AvgIpc) is 2.21. The second-order valence-corrected chi connectivity index (χ2v) is 3.59. The van der Waals surface area contributed by atoms with Crippen molar-refractivity contribution in [1.29, 1.82) is 0 Å². The molecule has 0 aliphatic carbocycles. The van der Waals surface area contributed by atoms with Crippen LogP contribution in [0.25, 0.3) is 0 Å². The lowest BCUT2D eigenvalue weighted by Crippen LogP contribution is -2.22. The minimum atomic E-state index is 0.462. The van der Waals surface area contributed by atoms with Crippen molar-refractivity contribution in [3.8, 4) is 0 Å². The van der Waals surface area contributed by atoms with Gasteiger partial charge in [0.2, 0.25) is 0 Å². The van der Waals surface area contributed by atoms with Crippen LogP contribution in [-0.2, 0) is 0 Å². The van der Waals surface area contributed by atoms with E-state index in [1.807, 2.05) is 14.1 Å². The summed E-state index contributed by atoms with van der Waals surface area (Å²) in [7, 11) is 4.01. The molecule has 0 spiro atoms. The van der Waals surface area contributed by atoms with Crippen LogP contribution in [0.1, 0.15) is 23.6 Å². The lowest BCUT2D eigenvalue weighted by atomic mass is 9.99. The lowest BCUT2D eigenvalue weighted by Gasteiger charge is -2.18. The molecule has 2 nitrogen and oxygen atoms in total. The summed E-state index contributed by atoms with van der Waals surface area (Å²) in [6.07, 6.45) is 1.12. The first-order valence-corrected chi connectivity index (χ1v) is 5.17. The fraction of sp³-hybridized carbons (Fsp3) is 0.500. The maximum Gasteiger partial charge on any atom is 0.0332 e. The molecule has 0 fully saturated rings. The number of hydrogen-bond donors (Lipinski definition) is 2. The Bertz CT molecular complexity index is 271. The molecular formula is C12H20N2. The van der Waals surface area contributed by atoms with Gasteiger partial charge in [0, 0.05) is 6.04 Å². The van der Waals surface area contributed by atoms with Crippen molar-refractivity contribution >= 4 is 0 Å². The average molecular weight is 192 g/mol. The van der Waals surface area contributed by atoms with E-state index in [4.69, 9.17) is 0 Å². The Morgan fingerprint density at radius 2 is 1.93 bits per heavy atom. The summed E-state index contributed by atoms with van der Waals surface area (Å²) in [5, 5.41) is 6.54. The van der Waals surface area contributed by atoms with Crippen LogP contribution in [-0.4, -0.2) is 20.6 Å². The standard InChI is InChI=1S/C12H20N2/c1-10-6-4-5-7-11(10)12(14-3)8-9-13-2/h4-7,12-14H,8-9H2,1-3H3. The highest BCUT2D eigenvalue weighted by Gasteiger charge is 2.09. The third-order valence-corrected chi connectivity index (χ3v) is 2.60. The van der Waals surface area contributed by atoms with Crippen LogP contribution in [0.3, 0.4) is 0 Å². The highest BCUT2D eigenvalue weighted by Crippen LogP contribution is 2.19. The Balaban J connectivity index is 2.73. The molecule has 2 N–H and O–H groups in total. The number of nitrogens with one attached hydrogen (secondary N) is 2. The second-order valence-electron chi connectivity index (χ2n) is 3.59. The SMILES string of the molecule is CNCCC(NC)c1ccccc1C. The van der Waals surface area contributed by atoms with Gasteiger partial charge in [-0.05, 0) is 45.1 Å². The number of rotatable bonds is 5. The van der Waals surface area contributed by atoms with Crippen LogP contribution >= 0.6 is 0 Å². The monoisotopic (exact) mass is 192 g/mol. The first-order valence-electron chi connectivity index (χ1n) is 5.17. The molecule has 0 aliphatic rings. The van der Waals surface area contributed by atoms with Gasteiger partial charge in [0.1, 0.15) is 0 Å². The number of benzene rings is 1. The molecule has 0 heterocycles. The van der Waals surface area contributed by atoms with Crippen molar-refractivity contribution < 1.29 is 0 Å². The molecule has 1 aromatic rings. The molecule has 1 atom stereocenters. The fourth-order valence-electron chi connectivity index (χ4n) is 1.72. The van der Waals surface area contributed by atoms with E-state index in [1.165, 1.54) is 11.1 Å². The van der Waals surface area contributed by atoms with E-state index in [1.54, 1.807) is 0 Å². The summed E-state index contributed by atoms with van der Waals surface area (Å²) in [5.74, 6) is 0. The molecule has 0 aliphatic heterocycles. The van der Waals surface area contributed by atoms with Crippen molar-refractivity contribution in [2.24, 2.45) is 0 Å². The highest BCUT2D eigenvalue weighted by molar-refractivity contribution is 5.28. The van der Waals surface area contributed by atoms with Crippen molar-refractivity contribution in [2.75, 3.05) is 20.6 Å². The maximum absolute atomic E-state index is 3.35. The summed E-state index contributed by atoms with van der Waals surface area (Å²) in [6, 6.07) is 9.02.